The van der Waals surface area contributed by atoms with Crippen molar-refractivity contribution >= 4 is 39.1 Å². The highest BCUT2D eigenvalue weighted by molar-refractivity contribution is 7.92. The largest absolute Gasteiger partial charge is 0.486 e. The second kappa shape index (κ2) is 10.7. The van der Waals surface area contributed by atoms with Gasteiger partial charge in [0.05, 0.1) is 28.6 Å². The summed E-state index contributed by atoms with van der Waals surface area (Å²) in [5, 5.41) is -0.412. The molecule has 1 heterocycles. The van der Waals surface area contributed by atoms with Gasteiger partial charge in [-0.3, -0.25) is 9.10 Å². The van der Waals surface area contributed by atoms with E-state index in [0.29, 0.717) is 0 Å². The summed E-state index contributed by atoms with van der Waals surface area (Å²) in [5.74, 6) is -2.38. The van der Waals surface area contributed by atoms with Gasteiger partial charge in [-0.25, -0.2) is 12.8 Å². The number of hydrogen-bond acceptors (Lipinski definition) is 6. The average Bonchev–Trinajstić information content (AvgIpc) is 2.78. The highest BCUT2D eigenvalue weighted by atomic mass is 35.5. The maximum atomic E-state index is 13.7. The van der Waals surface area contributed by atoms with Gasteiger partial charge in [-0.05, 0) is 56.7 Å². The molecule has 0 aromatic heterocycles. The second-order valence-corrected chi connectivity index (χ2v) is 11.9. The number of ether oxygens (including phenoxy) is 2. The third-order valence-electron chi connectivity index (χ3n) is 6.04. The molecule has 0 radical (unpaired) electrons. The fraction of sp³-hybridized carbons (Fsp3) is 0.440. The molecule has 3 rings (SSSR count). The van der Waals surface area contributed by atoms with Gasteiger partial charge in [0.2, 0.25) is 5.60 Å². The Morgan fingerprint density at radius 3 is 2.42 bits per heavy atom. The number of fused-ring (bicyclic) bond motifs is 1. The van der Waals surface area contributed by atoms with Gasteiger partial charge in [-0.1, -0.05) is 24.6 Å². The van der Waals surface area contributed by atoms with Crippen molar-refractivity contribution in [1.29, 1.82) is 0 Å². The van der Waals surface area contributed by atoms with Gasteiger partial charge in [-0.15, -0.1) is 0 Å². The minimum absolute atomic E-state index is 0.0112. The van der Waals surface area contributed by atoms with Crippen LogP contribution in [0.15, 0.2) is 41.3 Å². The molecule has 7 nitrogen and oxygen atoms in total. The number of carbonyl (C=O) groups excluding carboxylic acids is 2. The first-order valence-electron chi connectivity index (χ1n) is 11.5. The number of benzene rings is 2. The molecular formula is C25H26ClF4NO6S. The molecule has 0 aliphatic carbocycles. The molecule has 0 bridgehead atoms. The summed E-state index contributed by atoms with van der Waals surface area (Å²) in [6, 6.07) is 6.99. The molecule has 13 heteroatoms. The van der Waals surface area contributed by atoms with Gasteiger partial charge < -0.3 is 14.3 Å². The summed E-state index contributed by atoms with van der Waals surface area (Å²) in [7, 11) is -4.35. The van der Waals surface area contributed by atoms with E-state index in [1.165, 1.54) is 25.1 Å². The number of anilines is 1. The highest BCUT2D eigenvalue weighted by Gasteiger charge is 2.50. The smallest absolute Gasteiger partial charge is 0.427 e. The summed E-state index contributed by atoms with van der Waals surface area (Å²) in [6.45, 7) is 4.33. The van der Waals surface area contributed by atoms with Crippen LogP contribution in [-0.4, -0.2) is 44.6 Å². The van der Waals surface area contributed by atoms with Crippen LogP contribution < -0.4 is 9.04 Å². The molecular weight excluding hydrogens is 554 g/mol. The van der Waals surface area contributed by atoms with Crippen molar-refractivity contribution in [3.63, 3.8) is 0 Å². The number of sulfonamides is 1. The zero-order valence-electron chi connectivity index (χ0n) is 20.9. The molecule has 0 saturated carbocycles. The van der Waals surface area contributed by atoms with Gasteiger partial charge in [0, 0.05) is 12.3 Å². The molecule has 0 N–H and O–H groups in total. The number of halogens is 5. The van der Waals surface area contributed by atoms with Crippen LogP contribution in [-0.2, 0) is 30.8 Å². The van der Waals surface area contributed by atoms with Gasteiger partial charge in [-0.2, -0.15) is 13.2 Å². The molecule has 1 aliphatic heterocycles. The zero-order chi connectivity index (χ0) is 28.6. The van der Waals surface area contributed by atoms with Gasteiger partial charge >= 0.3 is 12.1 Å². The number of carbonyl (C=O) groups is 2. The average molecular weight is 580 g/mol. The third-order valence-corrected chi connectivity index (χ3v) is 8.10. The van der Waals surface area contributed by atoms with E-state index in [1.807, 2.05) is 0 Å². The predicted molar refractivity (Wildman–Crippen MR) is 131 cm³/mol. The van der Waals surface area contributed by atoms with Crippen LogP contribution in [0.3, 0.4) is 0 Å². The minimum Gasteiger partial charge on any atom is -0.486 e. The summed E-state index contributed by atoms with van der Waals surface area (Å²) < 4.78 is 91.9. The first-order chi connectivity index (χ1) is 17.4. The molecule has 2 atom stereocenters. The summed E-state index contributed by atoms with van der Waals surface area (Å²) in [4.78, 5) is 23.6. The van der Waals surface area contributed by atoms with Crippen molar-refractivity contribution in [1.82, 2.24) is 0 Å². The number of hydrogen-bond donors (Lipinski definition) is 0. The summed E-state index contributed by atoms with van der Waals surface area (Å²) >= 11 is 5.81. The Morgan fingerprint density at radius 1 is 1.18 bits per heavy atom. The summed E-state index contributed by atoms with van der Waals surface area (Å²) in [5.41, 5.74) is -2.54. The van der Waals surface area contributed by atoms with Gasteiger partial charge in [0.1, 0.15) is 23.5 Å². The highest BCUT2D eigenvalue weighted by Crippen LogP contribution is 2.40. The van der Waals surface area contributed by atoms with Crippen LogP contribution >= 0.6 is 11.6 Å². The van der Waals surface area contributed by atoms with E-state index in [0.717, 1.165) is 36.4 Å². The number of nitrogens with zero attached hydrogens (tertiary/aromatic N) is 1. The zero-order valence-corrected chi connectivity index (χ0v) is 22.5. The maximum Gasteiger partial charge on any atom is 0.427 e. The van der Waals surface area contributed by atoms with E-state index in [9.17, 15) is 35.6 Å². The van der Waals surface area contributed by atoms with Crippen molar-refractivity contribution in [2.75, 3.05) is 10.8 Å². The lowest BCUT2D eigenvalue weighted by Gasteiger charge is -2.38. The Hall–Kier alpha value is -2.86. The molecule has 38 heavy (non-hydrogen) atoms. The second-order valence-electron chi connectivity index (χ2n) is 9.61. The van der Waals surface area contributed by atoms with Crippen molar-refractivity contribution in [2.24, 2.45) is 5.92 Å². The maximum absolute atomic E-state index is 13.7. The number of Topliss-reactive ketones (excluding diaryl/α,β-unsaturated/α-hetero) is 1. The SMILES string of the molecule is CC(=O)C[C@@H](C)C1CN(S(=O)(=O)c2ccc(F)c(Cl)c2)c2cc(CC(=O)OC(C)(C)C(F)(F)F)ccc2O1. The normalized spacial score (nSPS) is 16.9. The van der Waals surface area contributed by atoms with Crippen molar-refractivity contribution < 1.29 is 45.0 Å². The Labute approximate surface area is 222 Å². The van der Waals surface area contributed by atoms with Crippen LogP contribution in [0.1, 0.15) is 39.7 Å². The Bertz CT molecular complexity index is 1350. The standard InChI is InChI=1S/C25H26ClF4NO6S/c1-14(9-15(2)32)22-13-31(38(34,35)17-6-7-19(27)18(26)12-17)20-10-16(5-8-21(20)36-22)11-23(33)37-24(3,4)25(28,29)30/h5-8,10,12,14,22H,9,11,13H2,1-4H3/t14-,22?/m1/s1. The summed E-state index contributed by atoms with van der Waals surface area (Å²) in [6.07, 6.45) is -5.98. The van der Waals surface area contributed by atoms with Crippen LogP contribution in [0.25, 0.3) is 0 Å². The van der Waals surface area contributed by atoms with Crippen molar-refractivity contribution in [3.05, 3.63) is 52.8 Å². The van der Waals surface area contributed by atoms with E-state index in [1.54, 1.807) is 6.92 Å². The Balaban J connectivity index is 2.01. The molecule has 0 fully saturated rings. The molecule has 1 unspecified atom stereocenters. The number of alkyl halides is 3. The molecule has 0 spiro atoms. The quantitative estimate of drug-likeness (QED) is 0.304. The van der Waals surface area contributed by atoms with E-state index in [4.69, 9.17) is 16.3 Å². The fourth-order valence-electron chi connectivity index (χ4n) is 3.85. The van der Waals surface area contributed by atoms with E-state index in [-0.39, 0.29) is 46.6 Å². The van der Waals surface area contributed by atoms with Crippen molar-refractivity contribution in [3.8, 4) is 5.75 Å². The lowest BCUT2D eigenvalue weighted by molar-refractivity contribution is -0.257. The molecule has 0 amide bonds. The molecule has 2 aromatic carbocycles. The van der Waals surface area contributed by atoms with Crippen LogP contribution in [0.4, 0.5) is 23.2 Å². The topological polar surface area (TPSA) is 90.0 Å². The van der Waals surface area contributed by atoms with Crippen LogP contribution in [0, 0.1) is 11.7 Å². The van der Waals surface area contributed by atoms with Gasteiger partial charge in [0.25, 0.3) is 10.0 Å². The fourth-order valence-corrected chi connectivity index (χ4v) is 5.60. The number of ketones is 1. The van der Waals surface area contributed by atoms with Crippen molar-refractivity contribution in [2.45, 2.75) is 63.3 Å². The lowest BCUT2D eigenvalue weighted by atomic mass is 9.97. The Morgan fingerprint density at radius 2 is 1.84 bits per heavy atom. The van der Waals surface area contributed by atoms with Crippen LogP contribution in [0.5, 0.6) is 5.75 Å². The Kier molecular flexibility index (Phi) is 8.38. The predicted octanol–water partition coefficient (Wildman–Crippen LogP) is 5.48. The molecule has 0 saturated heterocycles. The van der Waals surface area contributed by atoms with Crippen LogP contribution in [0.2, 0.25) is 5.02 Å². The minimum atomic E-state index is -4.79. The molecule has 208 valence electrons. The van der Waals surface area contributed by atoms with E-state index >= 15 is 0 Å². The third kappa shape index (κ3) is 6.40. The van der Waals surface area contributed by atoms with Gasteiger partial charge in [0.15, 0.2) is 0 Å². The first-order valence-corrected chi connectivity index (χ1v) is 13.3. The molecule has 2 aromatic rings. The van der Waals surface area contributed by atoms with E-state index < -0.39 is 51.1 Å². The number of rotatable bonds is 8. The first kappa shape index (κ1) is 29.7. The lowest BCUT2D eigenvalue weighted by Crippen LogP contribution is -2.46. The van der Waals surface area contributed by atoms with E-state index in [2.05, 4.69) is 4.74 Å². The molecule has 1 aliphatic rings. The monoisotopic (exact) mass is 579 g/mol. The number of esters is 1.